The van der Waals surface area contributed by atoms with Gasteiger partial charge in [0.1, 0.15) is 0 Å². The maximum absolute atomic E-state index is 11.2. The van der Waals surface area contributed by atoms with Gasteiger partial charge in [-0.15, -0.1) is 0 Å². The Morgan fingerprint density at radius 2 is 2.12 bits per heavy atom. The molecule has 0 bridgehead atoms. The average molecular weight is 258 g/mol. The molecule has 3 nitrogen and oxygen atoms in total. The summed E-state index contributed by atoms with van der Waals surface area (Å²) in [6, 6.07) is 6.73. The molecule has 16 heavy (non-hydrogen) atoms. The summed E-state index contributed by atoms with van der Waals surface area (Å²) in [6.07, 6.45) is 2.10. The second-order valence-electron chi connectivity index (χ2n) is 3.89. The van der Waals surface area contributed by atoms with Gasteiger partial charge < -0.3 is 0 Å². The van der Waals surface area contributed by atoms with Gasteiger partial charge in [-0.1, -0.05) is 18.2 Å². The largest absolute Gasteiger partial charge is 0.298 e. The van der Waals surface area contributed by atoms with Crippen LogP contribution in [-0.4, -0.2) is 33.5 Å². The molecule has 1 aromatic carbocycles. The van der Waals surface area contributed by atoms with Crippen molar-refractivity contribution in [3.63, 3.8) is 0 Å². The van der Waals surface area contributed by atoms with Gasteiger partial charge in [0.05, 0.1) is 4.90 Å². The molecule has 0 unspecified atom stereocenters. The third-order valence-electron chi connectivity index (χ3n) is 2.58. The highest BCUT2D eigenvalue weighted by atomic mass is 35.7. The fourth-order valence-electron chi connectivity index (χ4n) is 1.74. The second-order valence-corrected chi connectivity index (χ2v) is 6.46. The van der Waals surface area contributed by atoms with E-state index in [1.807, 2.05) is 13.1 Å². The summed E-state index contributed by atoms with van der Waals surface area (Å²) in [5, 5.41) is 0. The van der Waals surface area contributed by atoms with Gasteiger partial charge in [-0.2, -0.15) is 0 Å². The van der Waals surface area contributed by atoms with Crippen molar-refractivity contribution in [2.75, 3.05) is 20.1 Å². The molecule has 86 valence electrons. The molecule has 0 fully saturated rings. The molecule has 1 aliphatic rings. The number of halogens is 1. The summed E-state index contributed by atoms with van der Waals surface area (Å²) < 4.78 is 22.4. The molecule has 0 saturated carbocycles. The summed E-state index contributed by atoms with van der Waals surface area (Å²) in [6.45, 7) is 1.74. The van der Waals surface area contributed by atoms with Crippen LogP contribution in [0.25, 0.3) is 5.57 Å². The van der Waals surface area contributed by atoms with E-state index in [0.717, 1.165) is 24.2 Å². The Kier molecular flexibility index (Phi) is 3.06. The zero-order valence-corrected chi connectivity index (χ0v) is 10.4. The quantitative estimate of drug-likeness (QED) is 0.760. The van der Waals surface area contributed by atoms with E-state index >= 15 is 0 Å². The Bertz CT molecular complexity index is 537. The van der Waals surface area contributed by atoms with Crippen LogP contribution in [-0.2, 0) is 9.05 Å². The fraction of sp³-hybridized carbons (Fsp3) is 0.273. The Morgan fingerprint density at radius 1 is 1.38 bits per heavy atom. The summed E-state index contributed by atoms with van der Waals surface area (Å²) in [5.41, 5.74) is 2.07. The summed E-state index contributed by atoms with van der Waals surface area (Å²) in [7, 11) is 3.69. The zero-order chi connectivity index (χ0) is 11.8. The second kappa shape index (κ2) is 4.20. The highest BCUT2D eigenvalue weighted by Gasteiger charge is 2.15. The first-order valence-corrected chi connectivity index (χ1v) is 7.20. The standard InChI is InChI=1S/C11H12ClNO2S/c1-13-6-5-10(8-13)9-3-2-4-11(7-9)16(12,14)15/h2-5,7H,6,8H2,1H3. The Balaban J connectivity index is 2.37. The van der Waals surface area contributed by atoms with Crippen LogP contribution in [0.15, 0.2) is 35.2 Å². The third kappa shape index (κ3) is 2.45. The van der Waals surface area contributed by atoms with Crippen LogP contribution >= 0.6 is 10.7 Å². The Hall–Kier alpha value is -0.840. The Morgan fingerprint density at radius 3 is 2.69 bits per heavy atom. The zero-order valence-electron chi connectivity index (χ0n) is 8.85. The normalized spacial score (nSPS) is 17.5. The van der Waals surface area contributed by atoms with Crippen molar-refractivity contribution in [3.05, 3.63) is 35.9 Å². The van der Waals surface area contributed by atoms with Gasteiger partial charge in [0, 0.05) is 23.8 Å². The van der Waals surface area contributed by atoms with E-state index in [-0.39, 0.29) is 4.90 Å². The SMILES string of the molecule is CN1CC=C(c2cccc(S(=O)(=O)Cl)c2)C1. The van der Waals surface area contributed by atoms with Gasteiger partial charge in [-0.25, -0.2) is 8.42 Å². The molecule has 0 N–H and O–H groups in total. The fourth-order valence-corrected chi connectivity index (χ4v) is 2.54. The monoisotopic (exact) mass is 257 g/mol. The predicted octanol–water partition coefficient (Wildman–Crippen LogP) is 1.94. The van der Waals surface area contributed by atoms with Crippen molar-refractivity contribution < 1.29 is 8.42 Å². The van der Waals surface area contributed by atoms with Crippen molar-refractivity contribution in [1.82, 2.24) is 4.90 Å². The van der Waals surface area contributed by atoms with E-state index in [1.165, 1.54) is 6.07 Å². The van der Waals surface area contributed by atoms with Gasteiger partial charge in [0.2, 0.25) is 0 Å². The van der Waals surface area contributed by atoms with Crippen LogP contribution in [0.1, 0.15) is 5.56 Å². The highest BCUT2D eigenvalue weighted by molar-refractivity contribution is 8.13. The molecule has 0 amide bonds. The first-order valence-electron chi connectivity index (χ1n) is 4.89. The van der Waals surface area contributed by atoms with Crippen molar-refractivity contribution in [2.24, 2.45) is 0 Å². The minimum Gasteiger partial charge on any atom is -0.298 e. The number of hydrogen-bond acceptors (Lipinski definition) is 3. The van der Waals surface area contributed by atoms with Gasteiger partial charge in [-0.3, -0.25) is 4.90 Å². The molecular formula is C11H12ClNO2S. The van der Waals surface area contributed by atoms with Crippen LogP contribution in [0, 0.1) is 0 Å². The third-order valence-corrected chi connectivity index (χ3v) is 3.93. The molecule has 0 saturated heterocycles. The lowest BCUT2D eigenvalue weighted by Gasteiger charge is -2.08. The number of benzene rings is 1. The summed E-state index contributed by atoms with van der Waals surface area (Å²) in [4.78, 5) is 2.30. The molecule has 1 heterocycles. The van der Waals surface area contributed by atoms with E-state index in [4.69, 9.17) is 10.7 Å². The van der Waals surface area contributed by atoms with E-state index in [2.05, 4.69) is 11.0 Å². The van der Waals surface area contributed by atoms with Crippen molar-refractivity contribution in [2.45, 2.75) is 4.90 Å². The number of likely N-dealkylation sites (N-methyl/N-ethyl adjacent to an activating group) is 1. The molecule has 5 heteroatoms. The molecule has 0 spiro atoms. The minimum atomic E-state index is -3.64. The lowest BCUT2D eigenvalue weighted by molar-refractivity contribution is 0.438. The van der Waals surface area contributed by atoms with Crippen LogP contribution < -0.4 is 0 Å². The lowest BCUT2D eigenvalue weighted by atomic mass is 10.1. The van der Waals surface area contributed by atoms with Crippen molar-refractivity contribution in [1.29, 1.82) is 0 Å². The van der Waals surface area contributed by atoms with Gasteiger partial charge in [0.15, 0.2) is 0 Å². The minimum absolute atomic E-state index is 0.155. The maximum Gasteiger partial charge on any atom is 0.261 e. The van der Waals surface area contributed by atoms with Crippen molar-refractivity contribution in [3.8, 4) is 0 Å². The molecule has 0 aliphatic carbocycles. The number of rotatable bonds is 2. The molecule has 1 aromatic rings. The summed E-state index contributed by atoms with van der Waals surface area (Å²) >= 11 is 0. The number of hydrogen-bond donors (Lipinski definition) is 0. The average Bonchev–Trinajstić information content (AvgIpc) is 2.64. The lowest BCUT2D eigenvalue weighted by Crippen LogP contribution is -2.13. The summed E-state index contributed by atoms with van der Waals surface area (Å²) in [5.74, 6) is 0. The molecule has 2 rings (SSSR count). The first-order chi connectivity index (χ1) is 7.47. The predicted molar refractivity (Wildman–Crippen MR) is 65.0 cm³/mol. The van der Waals surface area contributed by atoms with Crippen LogP contribution in [0.2, 0.25) is 0 Å². The van der Waals surface area contributed by atoms with E-state index in [9.17, 15) is 8.42 Å². The van der Waals surface area contributed by atoms with Crippen molar-refractivity contribution >= 4 is 25.3 Å². The Labute approximate surface area is 99.8 Å². The van der Waals surface area contributed by atoms with Gasteiger partial charge >= 0.3 is 0 Å². The molecule has 0 aromatic heterocycles. The molecule has 1 aliphatic heterocycles. The van der Waals surface area contributed by atoms with Crippen LogP contribution in [0.4, 0.5) is 0 Å². The van der Waals surface area contributed by atoms with E-state index in [0.29, 0.717) is 0 Å². The maximum atomic E-state index is 11.2. The smallest absolute Gasteiger partial charge is 0.261 e. The number of nitrogens with zero attached hydrogens (tertiary/aromatic N) is 1. The van der Waals surface area contributed by atoms with E-state index < -0.39 is 9.05 Å². The topological polar surface area (TPSA) is 37.4 Å². The van der Waals surface area contributed by atoms with Crippen LogP contribution in [0.5, 0.6) is 0 Å². The molecule has 0 radical (unpaired) electrons. The molecule has 0 atom stereocenters. The van der Waals surface area contributed by atoms with E-state index in [1.54, 1.807) is 12.1 Å². The van der Waals surface area contributed by atoms with Gasteiger partial charge in [0.25, 0.3) is 9.05 Å². The highest BCUT2D eigenvalue weighted by Crippen LogP contribution is 2.23. The van der Waals surface area contributed by atoms with Gasteiger partial charge in [-0.05, 0) is 30.3 Å². The molecular weight excluding hydrogens is 246 g/mol. The first kappa shape index (κ1) is 11.6. The van der Waals surface area contributed by atoms with Crippen LogP contribution in [0.3, 0.4) is 0 Å².